The number of hydrogen-bond donors (Lipinski definition) is 0. The summed E-state index contributed by atoms with van der Waals surface area (Å²) in [6, 6.07) is 29.5. The van der Waals surface area contributed by atoms with E-state index in [4.69, 9.17) is 0 Å². The van der Waals surface area contributed by atoms with Gasteiger partial charge in [-0.15, -0.1) is 0 Å². The Morgan fingerprint density at radius 3 is 2.23 bits per heavy atom. The zero-order chi connectivity index (χ0) is 21.3. The molecule has 0 saturated heterocycles. The third-order valence-electron chi connectivity index (χ3n) is 7.62. The molecule has 152 valence electrons. The molecule has 0 saturated carbocycles. The predicted molar refractivity (Wildman–Crippen MR) is 132 cm³/mol. The van der Waals surface area contributed by atoms with Crippen LogP contribution in [0.5, 0.6) is 0 Å². The lowest BCUT2D eigenvalue weighted by Crippen LogP contribution is -2.45. The van der Waals surface area contributed by atoms with Crippen LogP contribution in [-0.4, -0.2) is 0 Å². The Hall–Kier alpha value is -2.64. The van der Waals surface area contributed by atoms with E-state index in [1.165, 1.54) is 60.1 Å². The Balaban J connectivity index is 1.82. The van der Waals surface area contributed by atoms with Gasteiger partial charge >= 0.3 is 0 Å². The first-order valence-corrected chi connectivity index (χ1v) is 11.9. The molecule has 0 N–H and O–H groups in total. The summed E-state index contributed by atoms with van der Waals surface area (Å²) in [7, 11) is 0. The van der Waals surface area contributed by atoms with E-state index in [-0.39, 0.29) is 5.41 Å². The second-order valence-electron chi connectivity index (χ2n) is 9.22. The van der Waals surface area contributed by atoms with E-state index in [0.29, 0.717) is 5.92 Å². The fraction of sp³-hybridized carbons (Fsp3) is 0.200. The molecule has 0 heterocycles. The molecule has 3 aliphatic rings. The molecule has 1 heteroatoms. The minimum atomic E-state index is -0.196. The van der Waals surface area contributed by atoms with Gasteiger partial charge in [-0.25, -0.2) is 0 Å². The summed E-state index contributed by atoms with van der Waals surface area (Å²) < 4.78 is 1.23. The van der Waals surface area contributed by atoms with Crippen LogP contribution in [0, 0.1) is 20.8 Å². The molecule has 4 aromatic carbocycles. The number of rotatable bonds is 2. The molecule has 4 aromatic rings. The summed E-state index contributed by atoms with van der Waals surface area (Å²) in [6.45, 7) is 6.84. The summed E-state index contributed by atoms with van der Waals surface area (Å²) in [5.41, 5.74) is 14.3. The second-order valence-corrected chi connectivity index (χ2v) is 10.1. The minimum Gasteiger partial charge on any atom is -0.0620 e. The van der Waals surface area contributed by atoms with Crippen LogP contribution < -0.4 is 0 Å². The Labute approximate surface area is 193 Å². The van der Waals surface area contributed by atoms with Gasteiger partial charge in [0.25, 0.3) is 0 Å². The van der Waals surface area contributed by atoms with Gasteiger partial charge in [0.15, 0.2) is 0 Å². The monoisotopic (exact) mass is 464 g/mol. The molecular weight excluding hydrogens is 440 g/mol. The van der Waals surface area contributed by atoms with Crippen LogP contribution in [-0.2, 0) is 11.8 Å². The molecule has 0 unspecified atom stereocenters. The van der Waals surface area contributed by atoms with Crippen molar-refractivity contribution in [1.82, 2.24) is 0 Å². The van der Waals surface area contributed by atoms with Crippen molar-refractivity contribution < 1.29 is 0 Å². The van der Waals surface area contributed by atoms with E-state index >= 15 is 0 Å². The first-order valence-electron chi connectivity index (χ1n) is 11.1. The van der Waals surface area contributed by atoms with E-state index in [0.717, 1.165) is 6.42 Å². The minimum absolute atomic E-state index is 0.196. The van der Waals surface area contributed by atoms with E-state index in [2.05, 4.69) is 116 Å². The SMILES string of the molecule is Cc1ccccc1C[C@@]12c3ccccc3[C@@H](c3cccc(Br)c31)c1c(C)ccc(C)c12. The number of halogens is 1. The number of hydrogen-bond acceptors (Lipinski definition) is 0. The van der Waals surface area contributed by atoms with Crippen LogP contribution in [0.2, 0.25) is 0 Å². The van der Waals surface area contributed by atoms with E-state index in [1.807, 2.05) is 0 Å². The van der Waals surface area contributed by atoms with Crippen LogP contribution in [0.3, 0.4) is 0 Å². The average molecular weight is 465 g/mol. The van der Waals surface area contributed by atoms with Gasteiger partial charge in [-0.05, 0) is 88.9 Å². The normalized spacial score (nSPS) is 20.2. The summed E-state index contributed by atoms with van der Waals surface area (Å²) >= 11 is 4.00. The van der Waals surface area contributed by atoms with Crippen molar-refractivity contribution in [3.8, 4) is 0 Å². The maximum Gasteiger partial charge on any atom is 0.0514 e. The fourth-order valence-corrected chi connectivity index (χ4v) is 7.10. The van der Waals surface area contributed by atoms with Crippen LogP contribution in [0.25, 0.3) is 0 Å². The fourth-order valence-electron chi connectivity index (χ4n) is 6.38. The van der Waals surface area contributed by atoms with Crippen LogP contribution in [0.4, 0.5) is 0 Å². The predicted octanol–water partition coefficient (Wildman–Crippen LogP) is 7.76. The molecule has 2 bridgehead atoms. The Morgan fingerprint density at radius 2 is 1.39 bits per heavy atom. The highest BCUT2D eigenvalue weighted by Gasteiger charge is 2.53. The van der Waals surface area contributed by atoms with Crippen LogP contribution >= 0.6 is 15.9 Å². The standard InChI is InChI=1S/C30H25Br/c1-18-9-4-5-10-21(18)17-30-24-13-7-6-11-22(24)27(23-12-8-14-25(31)29(23)30)26-19(2)15-16-20(3)28(26)30/h4-16,27H,17H2,1-3H3/t27-,30-/m0/s1. The van der Waals surface area contributed by atoms with Gasteiger partial charge < -0.3 is 0 Å². The van der Waals surface area contributed by atoms with Crippen molar-refractivity contribution in [3.63, 3.8) is 0 Å². The highest BCUT2D eigenvalue weighted by atomic mass is 79.9. The van der Waals surface area contributed by atoms with Gasteiger partial charge in [-0.3, -0.25) is 0 Å². The third-order valence-corrected chi connectivity index (χ3v) is 8.28. The van der Waals surface area contributed by atoms with Crippen LogP contribution in [0.1, 0.15) is 61.6 Å². The maximum atomic E-state index is 4.00. The van der Waals surface area contributed by atoms with Crippen molar-refractivity contribution in [3.05, 3.63) is 139 Å². The van der Waals surface area contributed by atoms with Crippen LogP contribution in [0.15, 0.2) is 83.3 Å². The second kappa shape index (κ2) is 6.68. The van der Waals surface area contributed by atoms with Gasteiger partial charge in [0.1, 0.15) is 0 Å². The molecule has 0 radical (unpaired) electrons. The molecule has 0 fully saturated rings. The van der Waals surface area contributed by atoms with Gasteiger partial charge in [0.2, 0.25) is 0 Å². The Morgan fingerprint density at radius 1 is 0.677 bits per heavy atom. The van der Waals surface area contributed by atoms with Gasteiger partial charge in [-0.1, -0.05) is 88.7 Å². The topological polar surface area (TPSA) is 0 Å². The highest BCUT2D eigenvalue weighted by Crippen LogP contribution is 2.62. The average Bonchev–Trinajstić information content (AvgIpc) is 2.78. The Kier molecular flexibility index (Phi) is 4.11. The summed E-state index contributed by atoms with van der Waals surface area (Å²) in [6.07, 6.45) is 0.969. The molecule has 7 rings (SSSR count). The zero-order valence-electron chi connectivity index (χ0n) is 18.2. The van der Waals surface area contributed by atoms with Gasteiger partial charge in [0, 0.05) is 10.4 Å². The van der Waals surface area contributed by atoms with Crippen molar-refractivity contribution >= 4 is 15.9 Å². The lowest BCUT2D eigenvalue weighted by atomic mass is 9.50. The van der Waals surface area contributed by atoms with E-state index in [1.54, 1.807) is 0 Å². The summed E-state index contributed by atoms with van der Waals surface area (Å²) in [5.74, 6) is 0.303. The molecule has 3 aliphatic carbocycles. The quantitative estimate of drug-likeness (QED) is 0.284. The molecule has 0 nitrogen and oxygen atoms in total. The van der Waals surface area contributed by atoms with Crippen molar-refractivity contribution in [1.29, 1.82) is 0 Å². The Bertz CT molecular complexity index is 1360. The highest BCUT2D eigenvalue weighted by molar-refractivity contribution is 9.10. The molecule has 31 heavy (non-hydrogen) atoms. The molecule has 2 atom stereocenters. The molecule has 0 spiro atoms. The smallest absolute Gasteiger partial charge is 0.0514 e. The first kappa shape index (κ1) is 19.1. The zero-order valence-corrected chi connectivity index (χ0v) is 19.8. The lowest BCUT2D eigenvalue weighted by molar-refractivity contribution is 0.531. The first-order chi connectivity index (χ1) is 15.0. The van der Waals surface area contributed by atoms with E-state index < -0.39 is 0 Å². The molecule has 0 aromatic heterocycles. The number of aryl methyl sites for hydroxylation is 3. The lowest BCUT2D eigenvalue weighted by Gasteiger charge is -2.52. The van der Waals surface area contributed by atoms with Crippen molar-refractivity contribution in [2.75, 3.05) is 0 Å². The molecule has 0 amide bonds. The molecular formula is C30H25Br. The van der Waals surface area contributed by atoms with Crippen molar-refractivity contribution in [2.24, 2.45) is 0 Å². The van der Waals surface area contributed by atoms with Gasteiger partial charge in [-0.2, -0.15) is 0 Å². The van der Waals surface area contributed by atoms with E-state index in [9.17, 15) is 0 Å². The van der Waals surface area contributed by atoms with Gasteiger partial charge in [0.05, 0.1) is 5.41 Å². The largest absolute Gasteiger partial charge is 0.0620 e. The van der Waals surface area contributed by atoms with Crippen molar-refractivity contribution in [2.45, 2.75) is 38.5 Å². The summed E-state index contributed by atoms with van der Waals surface area (Å²) in [5, 5.41) is 0. The summed E-state index contributed by atoms with van der Waals surface area (Å²) in [4.78, 5) is 0. The maximum absolute atomic E-state index is 4.00. The third kappa shape index (κ3) is 2.41. The number of benzene rings is 4. The molecule has 0 aliphatic heterocycles.